The molecule has 2 heterocycles. The number of imidazole rings is 1. The Labute approximate surface area is 180 Å². The average molecular weight is 437 g/mol. The van der Waals surface area contributed by atoms with Crippen LogP contribution in [0.5, 0.6) is 0 Å². The summed E-state index contributed by atoms with van der Waals surface area (Å²) < 4.78 is 7.38. The van der Waals surface area contributed by atoms with E-state index in [1.54, 1.807) is 53.5 Å². The maximum absolute atomic E-state index is 12.1. The fourth-order valence-corrected chi connectivity index (χ4v) is 3.20. The number of nitrogens with zero attached hydrogens (tertiary/aromatic N) is 5. The summed E-state index contributed by atoms with van der Waals surface area (Å²) in [4.78, 5) is 16.3. The Morgan fingerprint density at radius 2 is 1.93 bits per heavy atom. The monoisotopic (exact) mass is 436 g/mol. The summed E-state index contributed by atoms with van der Waals surface area (Å²) in [5.74, 6) is 0.166. The van der Waals surface area contributed by atoms with Gasteiger partial charge in [-0.1, -0.05) is 23.4 Å². The van der Waals surface area contributed by atoms with E-state index in [-0.39, 0.29) is 22.8 Å². The van der Waals surface area contributed by atoms with Gasteiger partial charge in [-0.25, -0.2) is 4.98 Å². The summed E-state index contributed by atoms with van der Waals surface area (Å²) in [6.45, 7) is 0. The van der Waals surface area contributed by atoms with Crippen molar-refractivity contribution in [3.63, 3.8) is 0 Å². The molecule has 1 N–H and O–H groups in total. The van der Waals surface area contributed by atoms with E-state index in [4.69, 9.17) is 21.3 Å². The normalized spacial score (nSPS) is 10.5. The summed E-state index contributed by atoms with van der Waals surface area (Å²) >= 11 is 6.96. The molecule has 1 amide bonds. The van der Waals surface area contributed by atoms with E-state index in [0.717, 1.165) is 17.4 Å². The molecule has 0 aliphatic carbocycles. The van der Waals surface area contributed by atoms with E-state index in [9.17, 15) is 4.79 Å². The highest BCUT2D eigenvalue weighted by molar-refractivity contribution is 7.99. The van der Waals surface area contributed by atoms with Gasteiger partial charge in [0.2, 0.25) is 5.91 Å². The zero-order valence-electron chi connectivity index (χ0n) is 15.3. The van der Waals surface area contributed by atoms with Crippen molar-refractivity contribution in [1.82, 2.24) is 19.7 Å². The summed E-state index contributed by atoms with van der Waals surface area (Å²) in [6.07, 6.45) is 3.36. The zero-order valence-corrected chi connectivity index (χ0v) is 16.9. The molecular weight excluding hydrogens is 424 g/mol. The molecule has 8 nitrogen and oxygen atoms in total. The molecule has 0 aliphatic heterocycles. The van der Waals surface area contributed by atoms with E-state index in [0.29, 0.717) is 22.0 Å². The van der Waals surface area contributed by atoms with Gasteiger partial charge in [-0.3, -0.25) is 4.79 Å². The Morgan fingerprint density at radius 3 is 2.67 bits per heavy atom. The van der Waals surface area contributed by atoms with Gasteiger partial charge in [-0.15, -0.1) is 10.2 Å². The molecule has 0 aliphatic rings. The van der Waals surface area contributed by atoms with Gasteiger partial charge < -0.3 is 14.3 Å². The number of halogens is 1. The Bertz CT molecular complexity index is 1210. The van der Waals surface area contributed by atoms with Gasteiger partial charge >= 0.3 is 0 Å². The molecule has 4 aromatic rings. The highest BCUT2D eigenvalue weighted by atomic mass is 35.5. The van der Waals surface area contributed by atoms with Crippen LogP contribution < -0.4 is 5.32 Å². The number of rotatable bonds is 6. The second kappa shape index (κ2) is 8.82. The van der Waals surface area contributed by atoms with E-state index < -0.39 is 0 Å². The third-order valence-electron chi connectivity index (χ3n) is 3.96. The lowest BCUT2D eigenvalue weighted by Crippen LogP contribution is -2.13. The zero-order chi connectivity index (χ0) is 20.9. The van der Waals surface area contributed by atoms with Crippen molar-refractivity contribution in [2.24, 2.45) is 0 Å². The van der Waals surface area contributed by atoms with Crippen LogP contribution in [0.2, 0.25) is 5.02 Å². The van der Waals surface area contributed by atoms with Gasteiger partial charge in [-0.05, 0) is 48.5 Å². The SMILES string of the molecule is N#Cc1ccc(-n2cnc(-c3nnc(SCC(=O)Nc4ccc(Cl)cc4)o3)c2)cc1. The molecule has 0 saturated heterocycles. The maximum atomic E-state index is 12.1. The topological polar surface area (TPSA) is 110 Å². The molecule has 0 unspecified atom stereocenters. The number of hydrogen-bond acceptors (Lipinski definition) is 7. The van der Waals surface area contributed by atoms with Crippen LogP contribution in [-0.2, 0) is 4.79 Å². The van der Waals surface area contributed by atoms with Crippen molar-refractivity contribution in [3.8, 4) is 23.3 Å². The fourth-order valence-electron chi connectivity index (χ4n) is 2.51. The van der Waals surface area contributed by atoms with Crippen molar-refractivity contribution in [1.29, 1.82) is 5.26 Å². The number of amides is 1. The lowest BCUT2D eigenvalue weighted by molar-refractivity contribution is -0.113. The van der Waals surface area contributed by atoms with E-state index in [1.807, 2.05) is 12.1 Å². The van der Waals surface area contributed by atoms with Crippen molar-refractivity contribution in [3.05, 3.63) is 71.6 Å². The Balaban J connectivity index is 1.37. The number of nitriles is 1. The smallest absolute Gasteiger partial charge is 0.277 e. The third kappa shape index (κ3) is 4.68. The van der Waals surface area contributed by atoms with Gasteiger partial charge in [0.1, 0.15) is 12.0 Å². The lowest BCUT2D eigenvalue weighted by Gasteiger charge is -2.03. The summed E-state index contributed by atoms with van der Waals surface area (Å²) in [5, 5.41) is 20.5. The predicted molar refractivity (Wildman–Crippen MR) is 112 cm³/mol. The van der Waals surface area contributed by atoms with Crippen LogP contribution in [-0.4, -0.2) is 31.4 Å². The number of benzene rings is 2. The van der Waals surface area contributed by atoms with Crippen LogP contribution in [0.3, 0.4) is 0 Å². The largest absolute Gasteiger partial charge is 0.410 e. The standard InChI is InChI=1S/C20H13ClN6O2S/c21-14-3-5-15(6-4-14)24-18(28)11-30-20-26-25-19(29-20)17-10-27(12-23-17)16-7-1-13(9-22)2-8-16/h1-8,10,12H,11H2,(H,24,28). The van der Waals surface area contributed by atoms with Crippen LogP contribution >= 0.6 is 23.4 Å². The Morgan fingerprint density at radius 1 is 1.17 bits per heavy atom. The molecule has 0 bridgehead atoms. The minimum Gasteiger partial charge on any atom is -0.410 e. The summed E-state index contributed by atoms with van der Waals surface area (Å²) in [7, 11) is 0. The molecule has 4 rings (SSSR count). The van der Waals surface area contributed by atoms with E-state index >= 15 is 0 Å². The first-order valence-electron chi connectivity index (χ1n) is 8.67. The van der Waals surface area contributed by atoms with Crippen LogP contribution in [0.4, 0.5) is 5.69 Å². The van der Waals surface area contributed by atoms with Gasteiger partial charge in [0.25, 0.3) is 11.1 Å². The summed E-state index contributed by atoms with van der Waals surface area (Å²) in [6, 6.07) is 16.0. The number of carbonyl (C=O) groups is 1. The fraction of sp³-hybridized carbons (Fsp3) is 0.0500. The van der Waals surface area contributed by atoms with Crippen molar-refractivity contribution in [2.75, 3.05) is 11.1 Å². The molecule has 148 valence electrons. The molecule has 0 atom stereocenters. The van der Waals surface area contributed by atoms with Crippen molar-refractivity contribution >= 4 is 35.0 Å². The number of nitrogens with one attached hydrogen (secondary N) is 1. The van der Waals surface area contributed by atoms with Gasteiger partial charge in [0.15, 0.2) is 0 Å². The molecule has 30 heavy (non-hydrogen) atoms. The van der Waals surface area contributed by atoms with Crippen LogP contribution in [0.15, 0.2) is 70.7 Å². The molecule has 0 fully saturated rings. The first-order valence-corrected chi connectivity index (χ1v) is 10.0. The van der Waals surface area contributed by atoms with Gasteiger partial charge in [0, 0.05) is 22.6 Å². The first kappa shape index (κ1) is 19.7. The number of hydrogen-bond donors (Lipinski definition) is 1. The maximum Gasteiger partial charge on any atom is 0.277 e. The molecule has 2 aromatic carbocycles. The lowest BCUT2D eigenvalue weighted by atomic mass is 10.2. The minimum atomic E-state index is -0.202. The molecule has 2 aromatic heterocycles. The highest BCUT2D eigenvalue weighted by Crippen LogP contribution is 2.23. The summed E-state index contributed by atoms with van der Waals surface area (Å²) in [5.41, 5.74) is 2.59. The number of anilines is 1. The molecule has 0 radical (unpaired) electrons. The molecule has 0 saturated carbocycles. The first-order chi connectivity index (χ1) is 14.6. The second-order valence-corrected chi connectivity index (χ2v) is 7.40. The van der Waals surface area contributed by atoms with E-state index in [2.05, 4.69) is 26.6 Å². The Hall–Kier alpha value is -3.61. The van der Waals surface area contributed by atoms with Crippen molar-refractivity contribution < 1.29 is 9.21 Å². The van der Waals surface area contributed by atoms with Gasteiger partial charge in [-0.2, -0.15) is 5.26 Å². The Kier molecular flexibility index (Phi) is 5.79. The quantitative estimate of drug-likeness (QED) is 0.451. The number of carbonyl (C=O) groups excluding carboxylic acids is 1. The minimum absolute atomic E-state index is 0.115. The van der Waals surface area contributed by atoms with E-state index in [1.165, 1.54) is 0 Å². The third-order valence-corrected chi connectivity index (χ3v) is 5.03. The number of aromatic nitrogens is 4. The predicted octanol–water partition coefficient (Wildman–Crippen LogP) is 4.18. The van der Waals surface area contributed by atoms with Crippen molar-refractivity contribution in [2.45, 2.75) is 5.22 Å². The second-order valence-electron chi connectivity index (χ2n) is 6.04. The molecule has 0 spiro atoms. The van der Waals surface area contributed by atoms with Crippen LogP contribution in [0, 0.1) is 11.3 Å². The average Bonchev–Trinajstić information content (AvgIpc) is 3.44. The van der Waals surface area contributed by atoms with Gasteiger partial charge in [0.05, 0.1) is 17.4 Å². The van der Waals surface area contributed by atoms with Crippen LogP contribution in [0.1, 0.15) is 5.56 Å². The molecular formula is C20H13ClN6O2S. The number of thioether (sulfide) groups is 1. The molecule has 10 heteroatoms. The highest BCUT2D eigenvalue weighted by Gasteiger charge is 2.14. The van der Waals surface area contributed by atoms with Crippen LogP contribution in [0.25, 0.3) is 17.3 Å².